The molecule has 0 bridgehead atoms. The average molecular weight is 315 g/mol. The number of hydrogen-bond donors (Lipinski definition) is 0. The Balaban J connectivity index is 2.13. The summed E-state index contributed by atoms with van der Waals surface area (Å²) in [7, 11) is 0. The van der Waals surface area contributed by atoms with Crippen LogP contribution in [0.25, 0.3) is 0 Å². The van der Waals surface area contributed by atoms with Gasteiger partial charge in [0, 0.05) is 17.7 Å². The van der Waals surface area contributed by atoms with E-state index in [9.17, 15) is 9.59 Å². The Morgan fingerprint density at radius 3 is 1.83 bits per heavy atom. The summed E-state index contributed by atoms with van der Waals surface area (Å²) in [6, 6.07) is 8.75. The molecule has 0 radical (unpaired) electrons. The molecule has 1 unspecified atom stereocenters. The van der Waals surface area contributed by atoms with Crippen molar-refractivity contribution in [2.75, 3.05) is 19.6 Å². The van der Waals surface area contributed by atoms with Crippen LogP contribution in [0.3, 0.4) is 0 Å². The fraction of sp³-hybridized carbons (Fsp3) is 0.474. The molecule has 23 heavy (non-hydrogen) atoms. The van der Waals surface area contributed by atoms with Crippen LogP contribution < -0.4 is 0 Å². The Morgan fingerprint density at radius 1 is 0.913 bits per heavy atom. The summed E-state index contributed by atoms with van der Waals surface area (Å²) in [5.41, 5.74) is 2.28. The molecule has 0 spiro atoms. The van der Waals surface area contributed by atoms with Crippen molar-refractivity contribution in [3.05, 3.63) is 47.5 Å². The molecule has 0 aromatic heterocycles. The van der Waals surface area contributed by atoms with E-state index >= 15 is 0 Å². The zero-order valence-electron chi connectivity index (χ0n) is 14.6. The smallest absolute Gasteiger partial charge is 0.253 e. The SMILES string of the molecule is CC[N+](CC)(CC)C(C)c1ccc(CN2C(=O)C=CC2=O)cc1. The normalized spacial score (nSPS) is 16.3. The minimum absolute atomic E-state index is 0.230. The molecule has 1 aliphatic rings. The number of hydrogen-bond acceptors (Lipinski definition) is 2. The number of rotatable bonds is 7. The lowest BCUT2D eigenvalue weighted by atomic mass is 10.0. The number of imide groups is 1. The van der Waals surface area contributed by atoms with Crippen LogP contribution in [0.2, 0.25) is 0 Å². The van der Waals surface area contributed by atoms with E-state index in [-0.39, 0.29) is 11.8 Å². The van der Waals surface area contributed by atoms with Crippen molar-refractivity contribution in [1.29, 1.82) is 0 Å². The molecule has 2 amide bonds. The first-order valence-corrected chi connectivity index (χ1v) is 8.45. The van der Waals surface area contributed by atoms with Crippen molar-refractivity contribution < 1.29 is 14.1 Å². The Kier molecular flexibility index (Phi) is 5.37. The maximum Gasteiger partial charge on any atom is 0.253 e. The fourth-order valence-electron chi connectivity index (χ4n) is 3.48. The van der Waals surface area contributed by atoms with Gasteiger partial charge in [0.2, 0.25) is 0 Å². The van der Waals surface area contributed by atoms with E-state index in [4.69, 9.17) is 0 Å². The summed E-state index contributed by atoms with van der Waals surface area (Å²) in [5, 5.41) is 0. The van der Waals surface area contributed by atoms with Gasteiger partial charge in [-0.15, -0.1) is 0 Å². The monoisotopic (exact) mass is 315 g/mol. The van der Waals surface area contributed by atoms with Crippen LogP contribution in [0.15, 0.2) is 36.4 Å². The van der Waals surface area contributed by atoms with Crippen molar-refractivity contribution in [2.24, 2.45) is 0 Å². The van der Waals surface area contributed by atoms with Gasteiger partial charge in [0.15, 0.2) is 0 Å². The van der Waals surface area contributed by atoms with E-state index in [0.717, 1.165) is 29.7 Å². The zero-order valence-corrected chi connectivity index (χ0v) is 14.6. The lowest BCUT2D eigenvalue weighted by Gasteiger charge is -2.41. The van der Waals surface area contributed by atoms with E-state index in [0.29, 0.717) is 12.6 Å². The molecule has 0 fully saturated rings. The van der Waals surface area contributed by atoms with Gasteiger partial charge >= 0.3 is 0 Å². The molecule has 0 saturated heterocycles. The van der Waals surface area contributed by atoms with Crippen molar-refractivity contribution in [1.82, 2.24) is 4.90 Å². The van der Waals surface area contributed by atoms with Crippen LogP contribution in [0.5, 0.6) is 0 Å². The first kappa shape index (κ1) is 17.4. The minimum atomic E-state index is -0.230. The van der Waals surface area contributed by atoms with Gasteiger partial charge in [0.25, 0.3) is 11.8 Å². The van der Waals surface area contributed by atoms with Crippen LogP contribution in [0.4, 0.5) is 0 Å². The lowest BCUT2D eigenvalue weighted by Crippen LogP contribution is -2.49. The standard InChI is InChI=1S/C19H27N2O2/c1-5-21(6-2,7-3)15(4)17-10-8-16(9-11-17)14-20-18(22)12-13-19(20)23/h8-13,15H,5-7,14H2,1-4H3/q+1. The van der Waals surface area contributed by atoms with Gasteiger partial charge in [-0.3, -0.25) is 14.5 Å². The molecular formula is C19H27N2O2+. The van der Waals surface area contributed by atoms with Crippen molar-refractivity contribution in [3.63, 3.8) is 0 Å². The summed E-state index contributed by atoms with van der Waals surface area (Å²) in [4.78, 5) is 24.5. The van der Waals surface area contributed by atoms with Gasteiger partial charge in [-0.05, 0) is 33.3 Å². The number of carbonyl (C=O) groups is 2. The zero-order chi connectivity index (χ0) is 17.0. The lowest BCUT2D eigenvalue weighted by molar-refractivity contribution is -0.950. The first-order chi connectivity index (χ1) is 11.0. The Bertz CT molecular complexity index is 574. The molecule has 0 N–H and O–H groups in total. The van der Waals surface area contributed by atoms with Crippen molar-refractivity contribution in [3.8, 4) is 0 Å². The number of benzene rings is 1. The van der Waals surface area contributed by atoms with Crippen LogP contribution in [0.1, 0.15) is 44.9 Å². The molecule has 124 valence electrons. The van der Waals surface area contributed by atoms with Crippen LogP contribution in [-0.2, 0) is 16.1 Å². The Hall–Kier alpha value is -1.94. The number of amides is 2. The topological polar surface area (TPSA) is 37.4 Å². The highest BCUT2D eigenvalue weighted by Gasteiger charge is 2.30. The largest absolute Gasteiger partial charge is 0.318 e. The highest BCUT2D eigenvalue weighted by atomic mass is 16.2. The molecule has 4 nitrogen and oxygen atoms in total. The number of carbonyl (C=O) groups excluding carboxylic acids is 2. The molecule has 1 aromatic rings. The van der Waals surface area contributed by atoms with Crippen LogP contribution >= 0.6 is 0 Å². The van der Waals surface area contributed by atoms with Gasteiger partial charge in [0.1, 0.15) is 6.04 Å². The van der Waals surface area contributed by atoms with Crippen molar-refractivity contribution >= 4 is 11.8 Å². The Labute approximate surface area is 139 Å². The summed E-state index contributed by atoms with van der Waals surface area (Å²) < 4.78 is 1.06. The first-order valence-electron chi connectivity index (χ1n) is 8.45. The van der Waals surface area contributed by atoms with E-state index < -0.39 is 0 Å². The van der Waals surface area contributed by atoms with E-state index in [2.05, 4.69) is 39.8 Å². The molecule has 4 heteroatoms. The van der Waals surface area contributed by atoms with Crippen LogP contribution in [0, 0.1) is 0 Å². The second-order valence-electron chi connectivity index (χ2n) is 6.18. The third-order valence-electron chi connectivity index (χ3n) is 5.41. The van der Waals surface area contributed by atoms with E-state index in [1.165, 1.54) is 22.6 Å². The highest BCUT2D eigenvalue weighted by Crippen LogP contribution is 2.28. The third-order valence-corrected chi connectivity index (χ3v) is 5.41. The van der Waals surface area contributed by atoms with Gasteiger partial charge < -0.3 is 4.48 Å². The second-order valence-corrected chi connectivity index (χ2v) is 6.18. The molecular weight excluding hydrogens is 288 g/mol. The maximum absolute atomic E-state index is 11.6. The number of quaternary nitrogens is 1. The third kappa shape index (κ3) is 3.37. The van der Waals surface area contributed by atoms with Gasteiger partial charge in [0.05, 0.1) is 26.2 Å². The van der Waals surface area contributed by atoms with Crippen LogP contribution in [-0.4, -0.2) is 40.8 Å². The van der Waals surface area contributed by atoms with Gasteiger partial charge in [-0.2, -0.15) is 0 Å². The summed E-state index contributed by atoms with van der Waals surface area (Å²) in [6.45, 7) is 12.7. The molecule has 1 aromatic carbocycles. The summed E-state index contributed by atoms with van der Waals surface area (Å²) >= 11 is 0. The second kappa shape index (κ2) is 7.09. The molecule has 1 aliphatic heterocycles. The van der Waals surface area contributed by atoms with E-state index in [1.54, 1.807) is 0 Å². The molecule has 0 saturated carbocycles. The molecule has 1 heterocycles. The molecule has 1 atom stereocenters. The van der Waals surface area contributed by atoms with Gasteiger partial charge in [-0.1, -0.05) is 24.3 Å². The summed E-state index contributed by atoms with van der Waals surface area (Å²) in [5.74, 6) is -0.461. The Morgan fingerprint density at radius 2 is 1.39 bits per heavy atom. The van der Waals surface area contributed by atoms with Crippen molar-refractivity contribution in [2.45, 2.75) is 40.3 Å². The summed E-state index contributed by atoms with van der Waals surface area (Å²) in [6.07, 6.45) is 2.66. The quantitative estimate of drug-likeness (QED) is 0.573. The van der Waals surface area contributed by atoms with Gasteiger partial charge in [-0.25, -0.2) is 0 Å². The van der Waals surface area contributed by atoms with E-state index in [1.807, 2.05) is 12.1 Å². The molecule has 0 aliphatic carbocycles. The predicted molar refractivity (Wildman–Crippen MR) is 91.4 cm³/mol. The highest BCUT2D eigenvalue weighted by molar-refractivity contribution is 6.12. The fourth-order valence-corrected chi connectivity index (χ4v) is 3.48. The average Bonchev–Trinajstić information content (AvgIpc) is 2.89. The predicted octanol–water partition coefficient (Wildman–Crippen LogP) is 3.05. The minimum Gasteiger partial charge on any atom is -0.318 e. The maximum atomic E-state index is 11.6. The number of nitrogens with zero attached hydrogens (tertiary/aromatic N) is 2. The molecule has 2 rings (SSSR count).